The number of hydrogen-bond donors (Lipinski definition) is 1. The predicted molar refractivity (Wildman–Crippen MR) is 76.9 cm³/mol. The van der Waals surface area contributed by atoms with E-state index in [1.165, 1.54) is 30.5 Å². The molecule has 1 heterocycles. The summed E-state index contributed by atoms with van der Waals surface area (Å²) in [5, 5.41) is 0. The number of rotatable bonds is 3. The second kappa shape index (κ2) is 5.61. The minimum atomic E-state index is 0.202. The van der Waals surface area contributed by atoms with Crippen molar-refractivity contribution in [1.82, 2.24) is 4.90 Å². The molecule has 3 heteroatoms. The minimum absolute atomic E-state index is 0.202. The predicted octanol–water partition coefficient (Wildman–Crippen LogP) is 2.63. The van der Waals surface area contributed by atoms with Crippen molar-refractivity contribution >= 4 is 0 Å². The van der Waals surface area contributed by atoms with Crippen molar-refractivity contribution < 1.29 is 4.74 Å². The van der Waals surface area contributed by atoms with Gasteiger partial charge in [-0.05, 0) is 43.9 Å². The number of nitrogens with zero attached hydrogens (tertiary/aromatic N) is 1. The molecular formula is C16H24N2O. The molecule has 104 valence electrons. The van der Waals surface area contributed by atoms with Gasteiger partial charge in [-0.2, -0.15) is 0 Å². The Bertz CT molecular complexity index is 433. The summed E-state index contributed by atoms with van der Waals surface area (Å²) in [5.41, 5.74) is 9.05. The molecule has 3 unspecified atom stereocenters. The Balaban J connectivity index is 1.76. The van der Waals surface area contributed by atoms with E-state index in [9.17, 15) is 0 Å². The van der Waals surface area contributed by atoms with Crippen LogP contribution >= 0.6 is 0 Å². The summed E-state index contributed by atoms with van der Waals surface area (Å²) < 4.78 is 5.81. The van der Waals surface area contributed by atoms with Crippen molar-refractivity contribution in [3.05, 3.63) is 35.4 Å². The molecule has 3 rings (SSSR count). The van der Waals surface area contributed by atoms with Crippen LogP contribution in [0.2, 0.25) is 0 Å². The number of fused-ring (bicyclic) bond motifs is 1. The largest absolute Gasteiger partial charge is 0.377 e. The first kappa shape index (κ1) is 13.1. The Kier molecular flexibility index (Phi) is 3.87. The van der Waals surface area contributed by atoms with Gasteiger partial charge in [-0.25, -0.2) is 0 Å². The highest BCUT2D eigenvalue weighted by Crippen LogP contribution is 2.41. The molecule has 3 atom stereocenters. The smallest absolute Gasteiger partial charge is 0.0702 e. The van der Waals surface area contributed by atoms with Crippen molar-refractivity contribution in [2.75, 3.05) is 19.7 Å². The average molecular weight is 260 g/mol. The zero-order valence-corrected chi connectivity index (χ0v) is 11.7. The lowest BCUT2D eigenvalue weighted by Crippen LogP contribution is -2.41. The Labute approximate surface area is 115 Å². The fourth-order valence-electron chi connectivity index (χ4n) is 3.61. The molecular weight excluding hydrogens is 236 g/mol. The van der Waals surface area contributed by atoms with Gasteiger partial charge in [0.25, 0.3) is 0 Å². The van der Waals surface area contributed by atoms with E-state index in [0.717, 1.165) is 19.6 Å². The van der Waals surface area contributed by atoms with E-state index < -0.39 is 0 Å². The zero-order chi connectivity index (χ0) is 13.2. The molecule has 0 spiro atoms. The van der Waals surface area contributed by atoms with Crippen molar-refractivity contribution in [3.8, 4) is 0 Å². The third-order valence-electron chi connectivity index (χ3n) is 4.48. The Morgan fingerprint density at radius 2 is 2.11 bits per heavy atom. The number of benzene rings is 1. The molecule has 0 aromatic heterocycles. The number of likely N-dealkylation sites (tertiary alicyclic amines) is 1. The summed E-state index contributed by atoms with van der Waals surface area (Å²) in [7, 11) is 0. The molecule has 0 amide bonds. The van der Waals surface area contributed by atoms with E-state index in [-0.39, 0.29) is 6.04 Å². The highest BCUT2D eigenvalue weighted by molar-refractivity contribution is 5.37. The van der Waals surface area contributed by atoms with Crippen LogP contribution in [0.4, 0.5) is 0 Å². The van der Waals surface area contributed by atoms with Crippen LogP contribution in [0.3, 0.4) is 0 Å². The summed E-state index contributed by atoms with van der Waals surface area (Å²) in [6.45, 7) is 5.13. The van der Waals surface area contributed by atoms with Crippen LogP contribution in [0.15, 0.2) is 24.3 Å². The minimum Gasteiger partial charge on any atom is -0.377 e. The van der Waals surface area contributed by atoms with Crippen LogP contribution in [0.5, 0.6) is 0 Å². The Morgan fingerprint density at radius 3 is 2.89 bits per heavy atom. The van der Waals surface area contributed by atoms with Gasteiger partial charge in [-0.15, -0.1) is 0 Å². The fraction of sp³-hybridized carbons (Fsp3) is 0.625. The lowest BCUT2D eigenvalue weighted by atomic mass is 10.0. The molecule has 2 N–H and O–H groups in total. The van der Waals surface area contributed by atoms with Gasteiger partial charge in [0, 0.05) is 25.2 Å². The Hall–Kier alpha value is -0.900. The summed E-state index contributed by atoms with van der Waals surface area (Å²) in [4.78, 5) is 2.58. The molecule has 1 aliphatic heterocycles. The first-order chi connectivity index (χ1) is 9.29. The monoisotopic (exact) mass is 260 g/mol. The lowest BCUT2D eigenvalue weighted by molar-refractivity contribution is -0.00810. The van der Waals surface area contributed by atoms with E-state index in [1.807, 2.05) is 0 Å². The normalized spacial score (nSPS) is 31.4. The van der Waals surface area contributed by atoms with Gasteiger partial charge in [0.15, 0.2) is 0 Å². The second-order valence-electron chi connectivity index (χ2n) is 5.70. The van der Waals surface area contributed by atoms with E-state index in [4.69, 9.17) is 10.5 Å². The van der Waals surface area contributed by atoms with Crippen molar-refractivity contribution in [1.29, 1.82) is 0 Å². The summed E-state index contributed by atoms with van der Waals surface area (Å²) in [5.74, 6) is 0. The number of hydrogen-bond acceptors (Lipinski definition) is 3. The molecule has 19 heavy (non-hydrogen) atoms. The van der Waals surface area contributed by atoms with Crippen LogP contribution in [0.25, 0.3) is 0 Å². The van der Waals surface area contributed by atoms with Crippen molar-refractivity contribution in [2.24, 2.45) is 5.73 Å². The standard InChI is InChI=1S/C16H24N2O/c1-2-19-12-6-5-9-18(11-12)16-10-15(17)13-7-3-4-8-14(13)16/h3-4,7-8,12,15-16H,2,5-6,9-11,17H2,1H3. The van der Waals surface area contributed by atoms with Gasteiger partial charge < -0.3 is 10.5 Å². The SMILES string of the molecule is CCOC1CCCN(C2CC(N)c3ccccc32)C1. The maximum Gasteiger partial charge on any atom is 0.0702 e. The summed E-state index contributed by atoms with van der Waals surface area (Å²) in [6.07, 6.45) is 3.89. The van der Waals surface area contributed by atoms with Crippen LogP contribution in [-0.4, -0.2) is 30.7 Å². The maximum atomic E-state index is 6.28. The molecule has 0 saturated carbocycles. The van der Waals surface area contributed by atoms with Gasteiger partial charge in [0.1, 0.15) is 0 Å². The molecule has 3 nitrogen and oxygen atoms in total. The molecule has 1 saturated heterocycles. The van der Waals surface area contributed by atoms with Crippen LogP contribution in [0.1, 0.15) is 49.4 Å². The molecule has 0 bridgehead atoms. The Morgan fingerprint density at radius 1 is 1.32 bits per heavy atom. The number of nitrogens with two attached hydrogens (primary N) is 1. The van der Waals surface area contributed by atoms with E-state index in [2.05, 4.69) is 36.1 Å². The molecule has 1 aromatic rings. The van der Waals surface area contributed by atoms with Gasteiger partial charge in [-0.1, -0.05) is 24.3 Å². The molecule has 1 aromatic carbocycles. The summed E-state index contributed by atoms with van der Waals surface area (Å²) >= 11 is 0. The average Bonchev–Trinajstić information content (AvgIpc) is 2.78. The number of ether oxygens (including phenoxy) is 1. The fourth-order valence-corrected chi connectivity index (χ4v) is 3.61. The molecule has 1 aliphatic carbocycles. The molecule has 2 aliphatic rings. The number of piperidine rings is 1. The third kappa shape index (κ3) is 2.55. The van der Waals surface area contributed by atoms with E-state index in [0.29, 0.717) is 12.1 Å². The first-order valence-electron chi connectivity index (χ1n) is 7.49. The summed E-state index contributed by atoms with van der Waals surface area (Å²) in [6, 6.07) is 9.36. The van der Waals surface area contributed by atoms with E-state index in [1.54, 1.807) is 0 Å². The van der Waals surface area contributed by atoms with Gasteiger partial charge in [0.05, 0.1) is 6.10 Å². The van der Waals surface area contributed by atoms with Gasteiger partial charge >= 0.3 is 0 Å². The zero-order valence-electron chi connectivity index (χ0n) is 11.7. The molecule has 1 fully saturated rings. The lowest BCUT2D eigenvalue weighted by Gasteiger charge is -2.37. The van der Waals surface area contributed by atoms with Gasteiger partial charge in [0.2, 0.25) is 0 Å². The highest BCUT2D eigenvalue weighted by atomic mass is 16.5. The maximum absolute atomic E-state index is 6.28. The first-order valence-corrected chi connectivity index (χ1v) is 7.49. The van der Waals surface area contributed by atoms with E-state index >= 15 is 0 Å². The van der Waals surface area contributed by atoms with Crippen molar-refractivity contribution in [2.45, 2.75) is 44.4 Å². The third-order valence-corrected chi connectivity index (χ3v) is 4.48. The van der Waals surface area contributed by atoms with Crippen LogP contribution < -0.4 is 5.73 Å². The highest BCUT2D eigenvalue weighted by Gasteiger charge is 2.34. The van der Waals surface area contributed by atoms with Crippen LogP contribution in [0, 0.1) is 0 Å². The van der Waals surface area contributed by atoms with Crippen LogP contribution in [-0.2, 0) is 4.74 Å². The quantitative estimate of drug-likeness (QED) is 0.908. The topological polar surface area (TPSA) is 38.5 Å². The van der Waals surface area contributed by atoms with Crippen molar-refractivity contribution in [3.63, 3.8) is 0 Å². The van der Waals surface area contributed by atoms with Gasteiger partial charge in [-0.3, -0.25) is 4.90 Å². The second-order valence-corrected chi connectivity index (χ2v) is 5.70. The molecule has 0 radical (unpaired) electrons.